The zero-order chi connectivity index (χ0) is 11.6. The highest BCUT2D eigenvalue weighted by Crippen LogP contribution is 2.28. The van der Waals surface area contributed by atoms with Gasteiger partial charge >= 0.3 is 5.97 Å². The second kappa shape index (κ2) is 4.52. The smallest absolute Gasteiger partial charge is 0.357 e. The van der Waals surface area contributed by atoms with E-state index in [0.29, 0.717) is 0 Å². The number of pyridine rings is 1. The lowest BCUT2D eigenvalue weighted by atomic mass is 10.2. The first-order valence-corrected chi connectivity index (χ1v) is 4.59. The lowest BCUT2D eigenvalue weighted by molar-refractivity contribution is 0.0581. The Kier molecular flexibility index (Phi) is 3.57. The van der Waals surface area contributed by atoms with Crippen molar-refractivity contribution in [3.05, 3.63) is 21.9 Å². The number of alkyl halides is 2. The third-order valence-corrected chi connectivity index (χ3v) is 2.28. The molecule has 1 aromatic heterocycles. The molecule has 1 rings (SSSR count). The molecule has 1 heterocycles. The molecule has 0 radical (unpaired) electrons. The highest BCUT2D eigenvalue weighted by molar-refractivity contribution is 9.10. The number of carbonyl (C=O) groups is 1. The molecule has 0 unspecified atom stereocenters. The Morgan fingerprint density at radius 1 is 1.67 bits per heavy atom. The van der Waals surface area contributed by atoms with E-state index in [0.717, 1.165) is 13.2 Å². The van der Waals surface area contributed by atoms with Gasteiger partial charge in [0.2, 0.25) is 0 Å². The van der Waals surface area contributed by atoms with Crippen molar-refractivity contribution in [3.63, 3.8) is 0 Å². The Bertz CT molecular complexity index is 398. The summed E-state index contributed by atoms with van der Waals surface area (Å²) in [7, 11) is 1.09. The van der Waals surface area contributed by atoms with Crippen molar-refractivity contribution in [1.82, 2.24) is 4.98 Å². The zero-order valence-electron chi connectivity index (χ0n) is 7.63. The van der Waals surface area contributed by atoms with Crippen LogP contribution in [0, 0.1) is 0 Å². The largest absolute Gasteiger partial charge is 0.464 e. The number of carbonyl (C=O) groups excluding carboxylic acids is 1. The number of anilines is 1. The number of ether oxygens (including phenoxy) is 1. The topological polar surface area (TPSA) is 65.2 Å². The molecule has 0 aliphatic heterocycles. The van der Waals surface area contributed by atoms with Gasteiger partial charge in [-0.2, -0.15) is 0 Å². The molecule has 0 aliphatic carbocycles. The summed E-state index contributed by atoms with van der Waals surface area (Å²) in [4.78, 5) is 14.7. The quantitative estimate of drug-likeness (QED) is 0.666. The number of rotatable bonds is 2. The minimum atomic E-state index is -2.83. The van der Waals surface area contributed by atoms with Crippen LogP contribution in [-0.2, 0) is 4.74 Å². The maximum Gasteiger partial charge on any atom is 0.357 e. The SMILES string of the molecule is COC(=O)c1nc(Br)c(N)cc1C(F)F. The van der Waals surface area contributed by atoms with Gasteiger partial charge in [0.05, 0.1) is 18.4 Å². The number of hydrogen-bond donors (Lipinski definition) is 1. The van der Waals surface area contributed by atoms with E-state index in [1.165, 1.54) is 0 Å². The number of nitrogens with two attached hydrogens (primary N) is 1. The van der Waals surface area contributed by atoms with Crippen LogP contribution < -0.4 is 5.73 Å². The highest BCUT2D eigenvalue weighted by Gasteiger charge is 2.22. The van der Waals surface area contributed by atoms with E-state index in [-0.39, 0.29) is 10.3 Å². The Morgan fingerprint density at radius 3 is 2.73 bits per heavy atom. The van der Waals surface area contributed by atoms with Crippen LogP contribution in [0.25, 0.3) is 0 Å². The van der Waals surface area contributed by atoms with Crippen molar-refractivity contribution in [3.8, 4) is 0 Å². The first kappa shape index (κ1) is 11.8. The molecule has 0 saturated heterocycles. The lowest BCUT2D eigenvalue weighted by Crippen LogP contribution is -2.10. The van der Waals surface area contributed by atoms with E-state index in [4.69, 9.17) is 5.73 Å². The van der Waals surface area contributed by atoms with E-state index in [2.05, 4.69) is 25.7 Å². The molecule has 0 fully saturated rings. The predicted molar refractivity (Wildman–Crippen MR) is 52.6 cm³/mol. The normalized spacial score (nSPS) is 10.5. The molecule has 15 heavy (non-hydrogen) atoms. The van der Waals surface area contributed by atoms with Crippen molar-refractivity contribution in [2.75, 3.05) is 12.8 Å². The number of hydrogen-bond acceptors (Lipinski definition) is 4. The van der Waals surface area contributed by atoms with Gasteiger partial charge in [-0.15, -0.1) is 0 Å². The molecule has 1 aromatic rings. The Labute approximate surface area is 92.6 Å². The molecule has 0 aromatic carbocycles. The molecule has 82 valence electrons. The minimum Gasteiger partial charge on any atom is -0.464 e. The van der Waals surface area contributed by atoms with Crippen LogP contribution in [0.4, 0.5) is 14.5 Å². The van der Waals surface area contributed by atoms with Gasteiger partial charge in [-0.25, -0.2) is 18.6 Å². The van der Waals surface area contributed by atoms with Gasteiger partial charge < -0.3 is 10.5 Å². The number of esters is 1. The molecule has 0 saturated carbocycles. The van der Waals surface area contributed by atoms with Gasteiger partial charge in [0.1, 0.15) is 4.60 Å². The average Bonchev–Trinajstić information content (AvgIpc) is 2.20. The van der Waals surface area contributed by atoms with Gasteiger partial charge in [0.25, 0.3) is 6.43 Å². The number of halogens is 3. The van der Waals surface area contributed by atoms with Crippen LogP contribution in [0.15, 0.2) is 10.7 Å². The monoisotopic (exact) mass is 280 g/mol. The number of nitrogen functional groups attached to an aromatic ring is 1. The van der Waals surface area contributed by atoms with Crippen molar-refractivity contribution in [2.45, 2.75) is 6.43 Å². The first-order valence-electron chi connectivity index (χ1n) is 3.79. The zero-order valence-corrected chi connectivity index (χ0v) is 9.22. The standard InChI is InChI=1S/C8H7BrF2N2O2/c1-15-8(14)5-3(7(10)11)2-4(12)6(9)13-5/h2,7H,12H2,1H3. The fourth-order valence-electron chi connectivity index (χ4n) is 0.949. The molecule has 0 spiro atoms. The predicted octanol–water partition coefficient (Wildman–Crippen LogP) is 2.15. The van der Waals surface area contributed by atoms with Crippen molar-refractivity contribution >= 4 is 27.6 Å². The van der Waals surface area contributed by atoms with E-state index in [1.807, 2.05) is 0 Å². The summed E-state index contributed by atoms with van der Waals surface area (Å²) in [6.07, 6.45) is -2.83. The van der Waals surface area contributed by atoms with E-state index >= 15 is 0 Å². The summed E-state index contributed by atoms with van der Waals surface area (Å²) >= 11 is 2.94. The van der Waals surface area contributed by atoms with Crippen molar-refractivity contribution in [2.24, 2.45) is 0 Å². The minimum absolute atomic E-state index is 0.0398. The van der Waals surface area contributed by atoms with Crippen LogP contribution in [0.3, 0.4) is 0 Å². The molecular weight excluding hydrogens is 274 g/mol. The van der Waals surface area contributed by atoms with Gasteiger partial charge in [0.15, 0.2) is 5.69 Å². The summed E-state index contributed by atoms with van der Waals surface area (Å²) in [5.74, 6) is -0.925. The summed E-state index contributed by atoms with van der Waals surface area (Å²) in [6.45, 7) is 0. The Hall–Kier alpha value is -1.24. The number of methoxy groups -OCH3 is 1. The van der Waals surface area contributed by atoms with Crippen LogP contribution in [0.2, 0.25) is 0 Å². The summed E-state index contributed by atoms with van der Waals surface area (Å²) in [5, 5.41) is 0. The molecule has 0 bridgehead atoms. The van der Waals surface area contributed by atoms with Gasteiger partial charge in [0, 0.05) is 0 Å². The van der Waals surface area contributed by atoms with Crippen LogP contribution in [0.1, 0.15) is 22.5 Å². The van der Waals surface area contributed by atoms with Gasteiger partial charge in [-0.05, 0) is 22.0 Å². The van der Waals surface area contributed by atoms with Crippen molar-refractivity contribution in [1.29, 1.82) is 0 Å². The van der Waals surface area contributed by atoms with E-state index < -0.39 is 23.7 Å². The maximum absolute atomic E-state index is 12.5. The Balaban J connectivity index is 3.34. The summed E-state index contributed by atoms with van der Waals surface area (Å²) in [5.41, 5.74) is 4.44. The first-order chi connectivity index (χ1) is 6.97. The molecule has 0 atom stereocenters. The molecule has 4 nitrogen and oxygen atoms in total. The summed E-state index contributed by atoms with van der Waals surface area (Å²) < 4.78 is 29.5. The van der Waals surface area contributed by atoms with Crippen LogP contribution in [-0.4, -0.2) is 18.1 Å². The van der Waals surface area contributed by atoms with E-state index in [1.54, 1.807) is 0 Å². The third kappa shape index (κ3) is 2.41. The molecule has 0 aliphatic rings. The second-order valence-electron chi connectivity index (χ2n) is 2.60. The number of nitrogens with zero attached hydrogens (tertiary/aromatic N) is 1. The third-order valence-electron chi connectivity index (χ3n) is 1.65. The maximum atomic E-state index is 12.5. The van der Waals surface area contributed by atoms with Gasteiger partial charge in [-0.1, -0.05) is 0 Å². The summed E-state index contributed by atoms with van der Waals surface area (Å²) in [6, 6.07) is 0.994. The van der Waals surface area contributed by atoms with Gasteiger partial charge in [-0.3, -0.25) is 0 Å². The molecule has 0 amide bonds. The average molecular weight is 281 g/mol. The van der Waals surface area contributed by atoms with Crippen LogP contribution in [0.5, 0.6) is 0 Å². The fourth-order valence-corrected chi connectivity index (χ4v) is 1.24. The fraction of sp³-hybridized carbons (Fsp3) is 0.250. The molecule has 7 heteroatoms. The van der Waals surface area contributed by atoms with E-state index in [9.17, 15) is 13.6 Å². The lowest BCUT2D eigenvalue weighted by Gasteiger charge is -2.08. The Morgan fingerprint density at radius 2 is 2.27 bits per heavy atom. The second-order valence-corrected chi connectivity index (χ2v) is 3.35. The van der Waals surface area contributed by atoms with Crippen LogP contribution >= 0.6 is 15.9 Å². The molecular formula is C8H7BrF2N2O2. The number of aromatic nitrogens is 1. The van der Waals surface area contributed by atoms with Crippen molar-refractivity contribution < 1.29 is 18.3 Å². The highest BCUT2D eigenvalue weighted by atomic mass is 79.9. The molecule has 2 N–H and O–H groups in total.